The van der Waals surface area contributed by atoms with Gasteiger partial charge in [-0.2, -0.15) is 5.10 Å². The van der Waals surface area contributed by atoms with Crippen molar-refractivity contribution in [1.29, 1.82) is 0 Å². The molecule has 0 radical (unpaired) electrons. The van der Waals surface area contributed by atoms with Crippen LogP contribution in [0.1, 0.15) is 26.3 Å². The minimum Gasteiger partial charge on any atom is -0.493 e. The van der Waals surface area contributed by atoms with E-state index in [0.29, 0.717) is 24.1 Å². The van der Waals surface area contributed by atoms with E-state index in [0.717, 1.165) is 22.3 Å². The highest BCUT2D eigenvalue weighted by molar-refractivity contribution is 9.10. The standard InChI is InChI=1S/C14H20BrN3O2S/c1-4-16-14(21)18-17-9-10-7-11(15)13(20-6-3)8-12(10)19-5-2/h7-9H,4-6H2,1-3H3,(H2,16,18,21). The van der Waals surface area contributed by atoms with Crippen molar-refractivity contribution in [3.63, 3.8) is 0 Å². The van der Waals surface area contributed by atoms with Gasteiger partial charge >= 0.3 is 0 Å². The number of hydrogen-bond donors (Lipinski definition) is 2. The van der Waals surface area contributed by atoms with Crippen LogP contribution in [0.25, 0.3) is 0 Å². The summed E-state index contributed by atoms with van der Waals surface area (Å²) in [5.74, 6) is 1.46. The fourth-order valence-electron chi connectivity index (χ4n) is 1.56. The number of hydrazone groups is 1. The first-order chi connectivity index (χ1) is 10.1. The molecular formula is C14H20BrN3O2S. The Labute approximate surface area is 139 Å². The van der Waals surface area contributed by atoms with Gasteiger partial charge in [-0.15, -0.1) is 0 Å². The van der Waals surface area contributed by atoms with Crippen LogP contribution in [-0.2, 0) is 0 Å². The Morgan fingerprint density at radius 1 is 1.24 bits per heavy atom. The molecule has 0 bridgehead atoms. The molecule has 116 valence electrons. The molecule has 21 heavy (non-hydrogen) atoms. The number of thiocarbonyl (C=S) groups is 1. The van der Waals surface area contributed by atoms with Crippen LogP contribution in [0.4, 0.5) is 0 Å². The van der Waals surface area contributed by atoms with E-state index >= 15 is 0 Å². The molecule has 0 spiro atoms. The first-order valence-corrected chi connectivity index (χ1v) is 7.98. The van der Waals surface area contributed by atoms with Crippen molar-refractivity contribution in [1.82, 2.24) is 10.7 Å². The van der Waals surface area contributed by atoms with Gasteiger partial charge in [0.05, 0.1) is 23.9 Å². The molecule has 1 aromatic rings. The minimum absolute atomic E-state index is 0.483. The predicted molar refractivity (Wildman–Crippen MR) is 93.5 cm³/mol. The molecule has 7 heteroatoms. The van der Waals surface area contributed by atoms with Crippen LogP contribution in [-0.4, -0.2) is 31.1 Å². The van der Waals surface area contributed by atoms with Gasteiger partial charge in [-0.05, 0) is 55.0 Å². The summed E-state index contributed by atoms with van der Waals surface area (Å²) in [5.41, 5.74) is 3.58. The van der Waals surface area contributed by atoms with E-state index in [1.165, 1.54) is 0 Å². The van der Waals surface area contributed by atoms with E-state index in [-0.39, 0.29) is 0 Å². The van der Waals surface area contributed by atoms with Crippen LogP contribution >= 0.6 is 28.1 Å². The van der Waals surface area contributed by atoms with Crippen LogP contribution in [0.15, 0.2) is 21.7 Å². The topological polar surface area (TPSA) is 54.9 Å². The lowest BCUT2D eigenvalue weighted by Crippen LogP contribution is -2.31. The van der Waals surface area contributed by atoms with Gasteiger partial charge in [0.2, 0.25) is 0 Å². The van der Waals surface area contributed by atoms with E-state index in [9.17, 15) is 0 Å². The highest BCUT2D eigenvalue weighted by Crippen LogP contribution is 2.32. The monoisotopic (exact) mass is 373 g/mol. The van der Waals surface area contributed by atoms with Gasteiger partial charge in [-0.1, -0.05) is 0 Å². The van der Waals surface area contributed by atoms with Gasteiger partial charge in [0.25, 0.3) is 0 Å². The van der Waals surface area contributed by atoms with Crippen LogP contribution in [0, 0.1) is 0 Å². The molecule has 0 aliphatic heterocycles. The SMILES string of the molecule is CCNC(=S)NN=Cc1cc(Br)c(OCC)cc1OCC. The average Bonchev–Trinajstić information content (AvgIpc) is 2.44. The zero-order valence-corrected chi connectivity index (χ0v) is 14.8. The Kier molecular flexibility index (Phi) is 8.07. The first kappa shape index (κ1) is 17.7. The molecule has 0 saturated heterocycles. The van der Waals surface area contributed by atoms with Gasteiger partial charge in [0.1, 0.15) is 11.5 Å². The summed E-state index contributed by atoms with van der Waals surface area (Å²) >= 11 is 8.52. The lowest BCUT2D eigenvalue weighted by molar-refractivity contribution is 0.321. The third-order valence-corrected chi connectivity index (χ3v) is 3.23. The van der Waals surface area contributed by atoms with Gasteiger partial charge < -0.3 is 14.8 Å². The average molecular weight is 374 g/mol. The second-order valence-corrected chi connectivity index (χ2v) is 5.18. The van der Waals surface area contributed by atoms with Gasteiger partial charge in [-0.25, -0.2) is 0 Å². The number of halogens is 1. The largest absolute Gasteiger partial charge is 0.493 e. The molecule has 0 unspecified atom stereocenters. The summed E-state index contributed by atoms with van der Waals surface area (Å²) in [6.45, 7) is 7.75. The second-order valence-electron chi connectivity index (χ2n) is 3.92. The van der Waals surface area contributed by atoms with Crippen molar-refractivity contribution >= 4 is 39.5 Å². The zero-order chi connectivity index (χ0) is 15.7. The quantitative estimate of drug-likeness (QED) is 0.437. The Hall–Kier alpha value is -1.34. The van der Waals surface area contributed by atoms with Crippen molar-refractivity contribution in [2.24, 2.45) is 5.10 Å². The van der Waals surface area contributed by atoms with Crippen molar-refractivity contribution in [3.05, 3.63) is 22.2 Å². The highest BCUT2D eigenvalue weighted by Gasteiger charge is 2.09. The number of rotatable bonds is 7. The van der Waals surface area contributed by atoms with E-state index in [1.807, 2.05) is 32.9 Å². The van der Waals surface area contributed by atoms with Crippen molar-refractivity contribution in [3.8, 4) is 11.5 Å². The molecule has 0 fully saturated rings. The number of hydrogen-bond acceptors (Lipinski definition) is 4. The maximum atomic E-state index is 5.62. The molecular weight excluding hydrogens is 354 g/mol. The molecule has 0 saturated carbocycles. The molecule has 0 heterocycles. The predicted octanol–water partition coefficient (Wildman–Crippen LogP) is 3.06. The maximum Gasteiger partial charge on any atom is 0.186 e. The summed E-state index contributed by atoms with van der Waals surface area (Å²) in [4.78, 5) is 0. The lowest BCUT2D eigenvalue weighted by atomic mass is 10.2. The molecule has 0 amide bonds. The lowest BCUT2D eigenvalue weighted by Gasteiger charge is -2.12. The van der Waals surface area contributed by atoms with E-state index in [1.54, 1.807) is 6.21 Å². The summed E-state index contributed by atoms with van der Waals surface area (Å²) < 4.78 is 12.0. The van der Waals surface area contributed by atoms with Crippen molar-refractivity contribution < 1.29 is 9.47 Å². The third kappa shape index (κ3) is 5.89. The fraction of sp³-hybridized carbons (Fsp3) is 0.429. The molecule has 2 N–H and O–H groups in total. The number of nitrogens with one attached hydrogen (secondary N) is 2. The number of benzene rings is 1. The smallest absolute Gasteiger partial charge is 0.186 e. The van der Waals surface area contributed by atoms with Gasteiger partial charge in [0.15, 0.2) is 5.11 Å². The third-order valence-electron chi connectivity index (χ3n) is 2.37. The maximum absolute atomic E-state index is 5.62. The van der Waals surface area contributed by atoms with Crippen molar-refractivity contribution in [2.75, 3.05) is 19.8 Å². The summed E-state index contributed by atoms with van der Waals surface area (Å²) in [7, 11) is 0. The summed E-state index contributed by atoms with van der Waals surface area (Å²) in [6, 6.07) is 3.75. The van der Waals surface area contributed by atoms with Crippen LogP contribution in [0.2, 0.25) is 0 Å². The normalized spacial score (nSPS) is 10.5. The second kappa shape index (κ2) is 9.57. The summed E-state index contributed by atoms with van der Waals surface area (Å²) in [6.07, 6.45) is 1.66. The molecule has 0 aromatic heterocycles. The highest BCUT2D eigenvalue weighted by atomic mass is 79.9. The Morgan fingerprint density at radius 3 is 2.52 bits per heavy atom. The first-order valence-electron chi connectivity index (χ1n) is 6.78. The van der Waals surface area contributed by atoms with E-state index in [4.69, 9.17) is 21.7 Å². The van der Waals surface area contributed by atoms with Crippen LogP contribution < -0.4 is 20.2 Å². The van der Waals surface area contributed by atoms with E-state index in [2.05, 4.69) is 31.8 Å². The molecule has 0 aliphatic rings. The molecule has 0 atom stereocenters. The van der Waals surface area contributed by atoms with Gasteiger partial charge in [-0.3, -0.25) is 5.43 Å². The fourth-order valence-corrected chi connectivity index (χ4v) is 2.23. The number of nitrogens with zero attached hydrogens (tertiary/aromatic N) is 1. The van der Waals surface area contributed by atoms with Gasteiger partial charge in [0, 0.05) is 18.2 Å². The molecule has 1 aromatic carbocycles. The number of ether oxygens (including phenoxy) is 2. The zero-order valence-electron chi connectivity index (χ0n) is 12.4. The van der Waals surface area contributed by atoms with Crippen LogP contribution in [0.5, 0.6) is 11.5 Å². The molecule has 0 aliphatic carbocycles. The Bertz CT molecular complexity index is 509. The van der Waals surface area contributed by atoms with E-state index < -0.39 is 0 Å². The molecule has 1 rings (SSSR count). The summed E-state index contributed by atoms with van der Waals surface area (Å²) in [5, 5.41) is 7.54. The minimum atomic E-state index is 0.483. The Morgan fingerprint density at radius 2 is 1.90 bits per heavy atom. The van der Waals surface area contributed by atoms with Crippen LogP contribution in [0.3, 0.4) is 0 Å². The molecule has 5 nitrogen and oxygen atoms in total. The van der Waals surface area contributed by atoms with Crippen molar-refractivity contribution in [2.45, 2.75) is 20.8 Å². The Balaban J connectivity index is 2.91.